The van der Waals surface area contributed by atoms with Crippen LogP contribution in [0.2, 0.25) is 0 Å². The Morgan fingerprint density at radius 2 is 2.27 bits per heavy atom. The summed E-state index contributed by atoms with van der Waals surface area (Å²) in [4.78, 5) is 13.1. The number of hydrogen-bond acceptors (Lipinski definition) is 4. The molecule has 1 aromatic heterocycles. The fraction of sp³-hybridized carbons (Fsp3) is 0.571. The molecule has 0 aliphatic rings. The maximum absolute atomic E-state index is 11.7. The van der Waals surface area contributed by atoms with Gasteiger partial charge in [-0.25, -0.2) is 0 Å². The number of H-pyrrole nitrogens is 1. The highest BCUT2D eigenvalue weighted by atomic mass is 32.2. The quantitative estimate of drug-likeness (QED) is 0.791. The molecule has 0 radical (unpaired) electrons. The Kier molecular flexibility index (Phi) is 4.68. The molecule has 0 bridgehead atoms. The first-order chi connectivity index (χ1) is 6.97. The van der Waals surface area contributed by atoms with Crippen molar-refractivity contribution in [3.63, 3.8) is 0 Å². The minimum Gasteiger partial charge on any atom is -0.315 e. The smallest absolute Gasteiger partial charge is 0.315 e. The van der Waals surface area contributed by atoms with E-state index in [9.17, 15) is 18.0 Å². The van der Waals surface area contributed by atoms with Crippen LogP contribution in [0.25, 0.3) is 0 Å². The van der Waals surface area contributed by atoms with Crippen molar-refractivity contribution < 1.29 is 13.2 Å². The number of hydrogen-bond donors (Lipinski definition) is 2. The second-order valence-electron chi connectivity index (χ2n) is 2.64. The van der Waals surface area contributed by atoms with Crippen LogP contribution in [0.15, 0.2) is 10.2 Å². The third-order valence-electron chi connectivity index (χ3n) is 1.43. The van der Waals surface area contributed by atoms with Crippen LogP contribution < -0.4 is 10.2 Å². The summed E-state index contributed by atoms with van der Waals surface area (Å²) in [7, 11) is 0. The van der Waals surface area contributed by atoms with E-state index in [-0.39, 0.29) is 28.9 Å². The predicted molar refractivity (Wildman–Crippen MR) is 55.2 cm³/mol. The lowest BCUT2D eigenvalue weighted by Gasteiger charge is -2.05. The van der Waals surface area contributed by atoms with Crippen LogP contribution >= 0.6 is 23.1 Å². The summed E-state index contributed by atoms with van der Waals surface area (Å²) in [5, 5.41) is 4.45. The molecule has 0 amide bonds. The van der Waals surface area contributed by atoms with Gasteiger partial charge >= 0.3 is 10.4 Å². The standard InChI is InChI=1S/C7H9F3N2OS2/c8-7(9,10)15-2-1-11-3-5-4-14-6(13)12-5/h4,11H,1-3H2,(H,12,13). The van der Waals surface area contributed by atoms with E-state index in [0.29, 0.717) is 12.2 Å². The molecule has 0 spiro atoms. The Morgan fingerprint density at radius 3 is 2.80 bits per heavy atom. The highest BCUT2D eigenvalue weighted by molar-refractivity contribution is 8.00. The molecule has 0 unspecified atom stereocenters. The van der Waals surface area contributed by atoms with E-state index < -0.39 is 5.51 Å². The molecular formula is C7H9F3N2OS2. The summed E-state index contributed by atoms with van der Waals surface area (Å²) in [5.74, 6) is -0.0299. The number of aromatic nitrogens is 1. The predicted octanol–water partition coefficient (Wildman–Crippen LogP) is 1.78. The first-order valence-corrected chi connectivity index (χ1v) is 5.92. The van der Waals surface area contributed by atoms with Crippen molar-refractivity contribution in [3.05, 3.63) is 20.7 Å². The lowest BCUT2D eigenvalue weighted by molar-refractivity contribution is -0.0327. The van der Waals surface area contributed by atoms with Crippen molar-refractivity contribution in [3.8, 4) is 0 Å². The zero-order valence-corrected chi connectivity index (χ0v) is 9.19. The van der Waals surface area contributed by atoms with Gasteiger partial charge in [-0.2, -0.15) is 13.2 Å². The summed E-state index contributed by atoms with van der Waals surface area (Å²) < 4.78 is 35.1. The topological polar surface area (TPSA) is 44.9 Å². The molecule has 0 saturated carbocycles. The summed E-state index contributed by atoms with van der Waals surface area (Å²) in [6, 6.07) is 0. The largest absolute Gasteiger partial charge is 0.441 e. The first kappa shape index (κ1) is 12.6. The van der Waals surface area contributed by atoms with Crippen molar-refractivity contribution in [2.24, 2.45) is 0 Å². The van der Waals surface area contributed by atoms with Gasteiger partial charge in [-0.3, -0.25) is 4.79 Å². The van der Waals surface area contributed by atoms with Crippen LogP contribution in [0.3, 0.4) is 0 Å². The maximum Gasteiger partial charge on any atom is 0.441 e. The molecule has 1 aromatic rings. The zero-order valence-electron chi connectivity index (χ0n) is 7.56. The first-order valence-electron chi connectivity index (χ1n) is 4.05. The van der Waals surface area contributed by atoms with Gasteiger partial charge in [0.05, 0.1) is 0 Å². The molecule has 15 heavy (non-hydrogen) atoms. The molecule has 1 heterocycles. The van der Waals surface area contributed by atoms with Crippen molar-refractivity contribution in [2.75, 3.05) is 12.3 Å². The lowest BCUT2D eigenvalue weighted by atomic mass is 10.5. The fourth-order valence-corrected chi connectivity index (χ4v) is 1.92. The van der Waals surface area contributed by atoms with Crippen LogP contribution in [-0.4, -0.2) is 22.8 Å². The average molecular weight is 258 g/mol. The van der Waals surface area contributed by atoms with E-state index in [1.54, 1.807) is 5.38 Å². The minimum atomic E-state index is -4.17. The van der Waals surface area contributed by atoms with Crippen LogP contribution in [0.5, 0.6) is 0 Å². The highest BCUT2D eigenvalue weighted by Crippen LogP contribution is 2.29. The van der Waals surface area contributed by atoms with Gasteiger partial charge in [-0.15, -0.1) is 0 Å². The Balaban J connectivity index is 2.10. The van der Waals surface area contributed by atoms with Gasteiger partial charge < -0.3 is 10.3 Å². The molecule has 2 N–H and O–H groups in total. The van der Waals surface area contributed by atoms with E-state index in [1.807, 2.05) is 0 Å². The number of aromatic amines is 1. The summed E-state index contributed by atoms with van der Waals surface area (Å²) in [6.07, 6.45) is 0. The van der Waals surface area contributed by atoms with E-state index in [4.69, 9.17) is 0 Å². The Hall–Kier alpha value is -0.470. The molecule has 0 fully saturated rings. The molecule has 8 heteroatoms. The number of thiazole rings is 1. The van der Waals surface area contributed by atoms with Crippen molar-refractivity contribution >= 4 is 23.1 Å². The molecule has 3 nitrogen and oxygen atoms in total. The average Bonchev–Trinajstić information content (AvgIpc) is 2.49. The van der Waals surface area contributed by atoms with E-state index >= 15 is 0 Å². The number of nitrogens with one attached hydrogen (secondary N) is 2. The number of rotatable bonds is 5. The Bertz CT molecular complexity index is 346. The normalized spacial score (nSPS) is 11.9. The van der Waals surface area contributed by atoms with Crippen LogP contribution in [0, 0.1) is 0 Å². The summed E-state index contributed by atoms with van der Waals surface area (Å²) in [6.45, 7) is 0.638. The van der Waals surface area contributed by atoms with Gasteiger partial charge in [0, 0.05) is 29.9 Å². The summed E-state index contributed by atoms with van der Waals surface area (Å²) >= 11 is 0.978. The second-order valence-corrected chi connectivity index (χ2v) is 4.65. The van der Waals surface area contributed by atoms with Crippen molar-refractivity contribution in [1.82, 2.24) is 10.3 Å². The molecule has 0 aliphatic carbocycles. The van der Waals surface area contributed by atoms with Gasteiger partial charge in [-0.1, -0.05) is 11.3 Å². The minimum absolute atomic E-state index is 0.0299. The summed E-state index contributed by atoms with van der Waals surface area (Å²) in [5.41, 5.74) is -3.47. The molecule has 0 aliphatic heterocycles. The molecule has 1 rings (SSSR count). The van der Waals surface area contributed by atoms with E-state index in [0.717, 1.165) is 11.3 Å². The number of halogens is 3. The third kappa shape index (κ3) is 5.85. The van der Waals surface area contributed by atoms with Gasteiger partial charge in [0.1, 0.15) is 0 Å². The van der Waals surface area contributed by atoms with E-state index in [1.165, 1.54) is 0 Å². The molecule has 0 saturated heterocycles. The zero-order chi connectivity index (χ0) is 11.3. The van der Waals surface area contributed by atoms with Gasteiger partial charge in [0.2, 0.25) is 0 Å². The SMILES string of the molecule is O=c1[nH]c(CNCCSC(F)(F)F)cs1. The van der Waals surface area contributed by atoms with Crippen molar-refractivity contribution in [1.29, 1.82) is 0 Å². The fourth-order valence-electron chi connectivity index (χ4n) is 0.863. The molecule has 0 atom stereocenters. The third-order valence-corrected chi connectivity index (χ3v) is 2.88. The van der Waals surface area contributed by atoms with Gasteiger partial charge in [0.15, 0.2) is 0 Å². The van der Waals surface area contributed by atoms with Gasteiger partial charge in [-0.05, 0) is 11.8 Å². The molecule has 86 valence electrons. The molecular weight excluding hydrogens is 249 g/mol. The van der Waals surface area contributed by atoms with Crippen molar-refractivity contribution in [2.45, 2.75) is 12.1 Å². The Labute approximate surface area is 92.1 Å². The highest BCUT2D eigenvalue weighted by Gasteiger charge is 2.27. The monoisotopic (exact) mass is 258 g/mol. The van der Waals surface area contributed by atoms with Crippen LogP contribution in [-0.2, 0) is 6.54 Å². The Morgan fingerprint density at radius 1 is 1.53 bits per heavy atom. The van der Waals surface area contributed by atoms with Gasteiger partial charge in [0.25, 0.3) is 0 Å². The van der Waals surface area contributed by atoms with Crippen LogP contribution in [0.4, 0.5) is 13.2 Å². The van der Waals surface area contributed by atoms with E-state index in [2.05, 4.69) is 10.3 Å². The maximum atomic E-state index is 11.7. The lowest BCUT2D eigenvalue weighted by Crippen LogP contribution is -2.19. The second kappa shape index (κ2) is 5.57. The number of alkyl halides is 3. The molecule has 0 aromatic carbocycles. The van der Waals surface area contributed by atoms with Crippen LogP contribution in [0.1, 0.15) is 5.69 Å². The number of thioether (sulfide) groups is 1.